The van der Waals surface area contributed by atoms with Gasteiger partial charge in [-0.05, 0) is 47.5 Å². The van der Waals surface area contributed by atoms with Crippen molar-refractivity contribution in [3.63, 3.8) is 0 Å². The van der Waals surface area contributed by atoms with Gasteiger partial charge >= 0.3 is 0 Å². The van der Waals surface area contributed by atoms with E-state index >= 15 is 0 Å². The number of benzene rings is 6. The van der Waals surface area contributed by atoms with E-state index in [1.165, 1.54) is 20.2 Å². The van der Waals surface area contributed by atoms with Gasteiger partial charge < -0.3 is 4.42 Å². The summed E-state index contributed by atoms with van der Waals surface area (Å²) in [6.07, 6.45) is 0. The highest BCUT2D eigenvalue weighted by Gasteiger charge is 2.22. The van der Waals surface area contributed by atoms with Crippen LogP contribution in [0.2, 0.25) is 0 Å². The van der Waals surface area contributed by atoms with Crippen LogP contribution in [0.15, 0.2) is 83.3 Å². The first-order valence-corrected chi connectivity index (χ1v) is 17.4. The molecule has 0 amide bonds. The van der Waals surface area contributed by atoms with Crippen LogP contribution in [0, 0.1) is 0 Å². The van der Waals surface area contributed by atoms with E-state index in [1.54, 1.807) is 11.3 Å². The molecule has 3 aromatic heterocycles. The first-order chi connectivity index (χ1) is 25.9. The van der Waals surface area contributed by atoms with Gasteiger partial charge in [0.05, 0.1) is 0 Å². The van der Waals surface area contributed by atoms with Gasteiger partial charge in [-0.1, -0.05) is 64.3 Å². The highest BCUT2D eigenvalue weighted by Crippen LogP contribution is 2.41. The summed E-state index contributed by atoms with van der Waals surface area (Å²) in [6.45, 7) is 0. The Balaban J connectivity index is 1.27. The lowest BCUT2D eigenvalue weighted by atomic mass is 9.60. The number of furan rings is 1. The second-order valence-corrected chi connectivity index (χ2v) is 14.0. The maximum Gasteiger partial charge on any atom is 0.164 e. The SMILES string of the molecule is [B]c1c([B])c([B])c(-c2nc(-c3ccc4oc5ccc(-c6cccc7c6sc6ccccc67)cc5c4c3)nc(-c3c([B])c([B])c([B])c([B])c3[B])n2)c([B])c1[B]. The maximum atomic E-state index is 6.47. The number of hydrogen-bond donors (Lipinski definition) is 0. The molecule has 4 nitrogen and oxygen atoms in total. The quantitative estimate of drug-likeness (QED) is 0.219. The van der Waals surface area contributed by atoms with Crippen molar-refractivity contribution in [3.8, 4) is 45.3 Å². The molecular formula is C39H13B10N3OS. The van der Waals surface area contributed by atoms with Crippen LogP contribution in [0.4, 0.5) is 0 Å². The predicted molar refractivity (Wildman–Crippen MR) is 236 cm³/mol. The molecule has 9 aromatic rings. The Bertz CT molecular complexity index is 2940. The van der Waals surface area contributed by atoms with Crippen LogP contribution in [0.3, 0.4) is 0 Å². The number of fused-ring (bicyclic) bond motifs is 6. The van der Waals surface area contributed by atoms with E-state index in [-0.39, 0.29) is 83.2 Å². The van der Waals surface area contributed by atoms with Crippen molar-refractivity contribution in [2.24, 2.45) is 0 Å². The van der Waals surface area contributed by atoms with E-state index in [0.29, 0.717) is 16.7 Å². The fourth-order valence-corrected chi connectivity index (χ4v) is 8.21. The molecule has 54 heavy (non-hydrogen) atoms. The Morgan fingerprint density at radius 1 is 0.407 bits per heavy atom. The molecule has 15 heteroatoms. The molecule has 6 aromatic carbocycles. The van der Waals surface area contributed by atoms with Crippen molar-refractivity contribution in [1.29, 1.82) is 0 Å². The van der Waals surface area contributed by atoms with Gasteiger partial charge in [0, 0.05) is 47.6 Å². The Kier molecular flexibility index (Phi) is 8.24. The molecule has 0 aliphatic rings. The predicted octanol–water partition coefficient (Wildman–Crippen LogP) is -1.26. The molecule has 0 spiro atoms. The van der Waals surface area contributed by atoms with Crippen LogP contribution < -0.4 is 54.6 Å². The number of thiophene rings is 1. The summed E-state index contributed by atoms with van der Waals surface area (Å²) in [5, 5.41) is 4.18. The molecule has 0 N–H and O–H groups in total. The van der Waals surface area contributed by atoms with Gasteiger partial charge in [0.15, 0.2) is 17.5 Å². The van der Waals surface area contributed by atoms with E-state index in [9.17, 15) is 0 Å². The van der Waals surface area contributed by atoms with Crippen molar-refractivity contribution in [2.75, 3.05) is 0 Å². The molecule has 0 atom stereocenters. The minimum absolute atomic E-state index is 0.0204. The number of hydrogen-bond acceptors (Lipinski definition) is 5. The third kappa shape index (κ3) is 5.22. The van der Waals surface area contributed by atoms with Crippen LogP contribution in [-0.2, 0) is 0 Å². The second kappa shape index (κ2) is 12.8. The Morgan fingerprint density at radius 2 is 0.870 bits per heavy atom. The third-order valence-corrected chi connectivity index (χ3v) is 11.1. The molecule has 0 saturated carbocycles. The largest absolute Gasteiger partial charge is 0.456 e. The zero-order chi connectivity index (χ0) is 37.7. The minimum atomic E-state index is 0.0204. The van der Waals surface area contributed by atoms with Gasteiger partial charge in [-0.3, -0.25) is 0 Å². The molecule has 0 bridgehead atoms. The van der Waals surface area contributed by atoms with E-state index in [1.807, 2.05) is 24.3 Å². The van der Waals surface area contributed by atoms with Crippen LogP contribution in [-0.4, -0.2) is 93.4 Å². The molecule has 0 saturated heterocycles. The molecule has 226 valence electrons. The molecular weight excluding hydrogens is 667 g/mol. The monoisotopic (exact) mass is 681 g/mol. The Hall–Kier alpha value is -5.00. The van der Waals surface area contributed by atoms with Gasteiger partial charge in [0.1, 0.15) is 89.6 Å². The van der Waals surface area contributed by atoms with Gasteiger partial charge in [0.25, 0.3) is 0 Å². The van der Waals surface area contributed by atoms with Crippen molar-refractivity contribution in [1.82, 2.24) is 15.0 Å². The lowest BCUT2D eigenvalue weighted by Crippen LogP contribution is -2.55. The number of rotatable bonds is 4. The molecule has 0 unspecified atom stereocenters. The maximum absolute atomic E-state index is 6.47. The lowest BCUT2D eigenvalue weighted by molar-refractivity contribution is 0.669. The Labute approximate surface area is 328 Å². The van der Waals surface area contributed by atoms with Crippen molar-refractivity contribution < 1.29 is 4.42 Å². The van der Waals surface area contributed by atoms with Crippen LogP contribution >= 0.6 is 11.3 Å². The van der Waals surface area contributed by atoms with E-state index in [4.69, 9.17) is 97.8 Å². The van der Waals surface area contributed by atoms with E-state index in [0.717, 1.165) is 21.9 Å². The highest BCUT2D eigenvalue weighted by molar-refractivity contribution is 7.26. The molecule has 0 fully saturated rings. The van der Waals surface area contributed by atoms with Crippen LogP contribution in [0.1, 0.15) is 0 Å². The zero-order valence-corrected chi connectivity index (χ0v) is 29.3. The van der Waals surface area contributed by atoms with Crippen molar-refractivity contribution in [2.45, 2.75) is 0 Å². The fraction of sp³-hybridized carbons (Fsp3) is 0. The number of nitrogens with zero attached hydrogens (tertiary/aromatic N) is 3. The standard InChI is InChI=1S/C39H13B10N3OS/c40-26-24(27(41)31(45)34(48)30(26)44)38-50-37(51-39(52-38)25-28(42)32(46)35(49)33(47)29(25)43)15-9-11-22-20(13-15)19-12-14(8-10-21(19)53-22)16-5-3-6-18-17-4-1-2-7-23(17)54-36(16)18/h1-13H. The first-order valence-electron chi connectivity index (χ1n) is 16.6. The summed E-state index contributed by atoms with van der Waals surface area (Å²) < 4.78 is 8.74. The topological polar surface area (TPSA) is 51.8 Å². The fourth-order valence-electron chi connectivity index (χ4n) is 6.97. The lowest BCUT2D eigenvalue weighted by Gasteiger charge is -2.22. The highest BCUT2D eigenvalue weighted by atomic mass is 32.1. The number of aromatic nitrogens is 3. The van der Waals surface area contributed by atoms with Crippen molar-refractivity contribution >= 4 is 187 Å². The smallest absolute Gasteiger partial charge is 0.164 e. The van der Waals surface area contributed by atoms with Crippen LogP contribution in [0.5, 0.6) is 0 Å². The summed E-state index contributed by atoms with van der Waals surface area (Å²) in [7, 11) is 63.1. The summed E-state index contributed by atoms with van der Waals surface area (Å²) in [4.78, 5) is 14.3. The van der Waals surface area contributed by atoms with Crippen molar-refractivity contribution in [3.05, 3.63) is 78.9 Å². The Morgan fingerprint density at radius 3 is 1.44 bits per heavy atom. The summed E-state index contributed by atoms with van der Waals surface area (Å²) >= 11 is 1.77. The van der Waals surface area contributed by atoms with Gasteiger partial charge in [-0.2, -0.15) is 0 Å². The molecule has 0 aliphatic carbocycles. The van der Waals surface area contributed by atoms with Gasteiger partial charge in [0.2, 0.25) is 0 Å². The van der Waals surface area contributed by atoms with Gasteiger partial charge in [-0.25, -0.2) is 15.0 Å². The molecule has 3 heterocycles. The second-order valence-electron chi connectivity index (χ2n) is 13.0. The molecule has 20 radical (unpaired) electrons. The average Bonchev–Trinajstić information content (AvgIpc) is 3.75. The zero-order valence-electron chi connectivity index (χ0n) is 28.4. The van der Waals surface area contributed by atoms with E-state index < -0.39 is 0 Å². The van der Waals surface area contributed by atoms with Gasteiger partial charge in [-0.15, -0.1) is 44.1 Å². The minimum Gasteiger partial charge on any atom is -0.456 e. The average molecular weight is 680 g/mol. The summed E-state index contributed by atoms with van der Waals surface area (Å²) in [5.74, 6) is 0.247. The van der Waals surface area contributed by atoms with E-state index in [2.05, 4.69) is 54.6 Å². The summed E-state index contributed by atoms with van der Waals surface area (Å²) in [6, 6.07) is 26.6. The first kappa shape index (κ1) is 34.7. The molecule has 9 rings (SSSR count). The third-order valence-electron chi connectivity index (χ3n) is 9.92. The molecule has 0 aliphatic heterocycles. The summed E-state index contributed by atoms with van der Waals surface area (Å²) in [5.41, 5.74) is 4.71. The normalized spacial score (nSPS) is 11.7. The van der Waals surface area contributed by atoms with Crippen LogP contribution in [0.25, 0.3) is 87.4 Å².